The molecule has 18 heavy (non-hydrogen) atoms. The standard InChI is InChI=1S/C12H17N3O2S/c1-17-8-9-2-3-14(6-9)11-10(7-16)15-4-5-18-12(15)13-11/h4-5,9,16H,2-3,6-8H2,1H3. The van der Waals surface area contributed by atoms with Gasteiger partial charge in [-0.15, -0.1) is 11.3 Å². The zero-order valence-electron chi connectivity index (χ0n) is 10.4. The van der Waals surface area contributed by atoms with E-state index in [0.29, 0.717) is 5.92 Å². The molecule has 2 aromatic heterocycles. The molecule has 3 heterocycles. The molecule has 0 bridgehead atoms. The lowest BCUT2D eigenvalue weighted by atomic mass is 10.1. The largest absolute Gasteiger partial charge is 0.390 e. The van der Waals surface area contributed by atoms with E-state index in [4.69, 9.17) is 4.74 Å². The molecule has 1 aliphatic heterocycles. The third kappa shape index (κ3) is 1.90. The quantitative estimate of drug-likeness (QED) is 0.909. The Morgan fingerprint density at radius 3 is 3.28 bits per heavy atom. The van der Waals surface area contributed by atoms with Crippen LogP contribution in [0.15, 0.2) is 11.6 Å². The molecule has 1 fully saturated rings. The average Bonchev–Trinajstić information content (AvgIpc) is 3.01. The van der Waals surface area contributed by atoms with Crippen molar-refractivity contribution in [3.63, 3.8) is 0 Å². The summed E-state index contributed by atoms with van der Waals surface area (Å²) in [7, 11) is 1.74. The zero-order valence-corrected chi connectivity index (χ0v) is 11.2. The maximum Gasteiger partial charge on any atom is 0.195 e. The Morgan fingerprint density at radius 1 is 1.61 bits per heavy atom. The molecule has 1 unspecified atom stereocenters. The first-order chi connectivity index (χ1) is 8.83. The second-order valence-corrected chi connectivity index (χ2v) is 5.52. The Kier molecular flexibility index (Phi) is 3.23. The van der Waals surface area contributed by atoms with Crippen LogP contribution in [0.25, 0.3) is 4.96 Å². The van der Waals surface area contributed by atoms with E-state index in [2.05, 4.69) is 9.88 Å². The molecule has 0 radical (unpaired) electrons. The van der Waals surface area contributed by atoms with Gasteiger partial charge in [0.2, 0.25) is 0 Å². The van der Waals surface area contributed by atoms with Crippen LogP contribution in [0.4, 0.5) is 5.82 Å². The highest BCUT2D eigenvalue weighted by molar-refractivity contribution is 7.15. The van der Waals surface area contributed by atoms with Crippen LogP contribution in [0.1, 0.15) is 12.1 Å². The molecule has 1 aliphatic rings. The van der Waals surface area contributed by atoms with Crippen LogP contribution in [0.5, 0.6) is 0 Å². The number of hydrogen-bond acceptors (Lipinski definition) is 5. The number of aliphatic hydroxyl groups excluding tert-OH is 1. The lowest BCUT2D eigenvalue weighted by Gasteiger charge is -2.17. The van der Waals surface area contributed by atoms with Crippen molar-refractivity contribution in [1.29, 1.82) is 0 Å². The number of hydrogen-bond donors (Lipinski definition) is 1. The van der Waals surface area contributed by atoms with Gasteiger partial charge >= 0.3 is 0 Å². The molecule has 1 atom stereocenters. The van der Waals surface area contributed by atoms with Crippen molar-refractivity contribution >= 4 is 22.1 Å². The van der Waals surface area contributed by atoms with Crippen LogP contribution in [-0.2, 0) is 11.3 Å². The highest BCUT2D eigenvalue weighted by Gasteiger charge is 2.27. The normalized spacial score (nSPS) is 20.1. The maximum absolute atomic E-state index is 9.55. The van der Waals surface area contributed by atoms with Gasteiger partial charge in [0.15, 0.2) is 10.8 Å². The number of nitrogens with zero attached hydrogens (tertiary/aromatic N) is 3. The number of methoxy groups -OCH3 is 1. The number of rotatable bonds is 4. The zero-order chi connectivity index (χ0) is 12.5. The van der Waals surface area contributed by atoms with Crippen LogP contribution >= 0.6 is 11.3 Å². The summed E-state index contributed by atoms with van der Waals surface area (Å²) in [4.78, 5) is 7.83. The molecule has 0 aromatic carbocycles. The Bertz CT molecular complexity index is 536. The number of imidazole rings is 1. The van der Waals surface area contributed by atoms with Crippen LogP contribution in [0.2, 0.25) is 0 Å². The monoisotopic (exact) mass is 267 g/mol. The van der Waals surface area contributed by atoms with Crippen molar-refractivity contribution in [2.75, 3.05) is 31.7 Å². The molecule has 5 nitrogen and oxygen atoms in total. The number of anilines is 1. The van der Waals surface area contributed by atoms with Crippen LogP contribution in [0, 0.1) is 5.92 Å². The lowest BCUT2D eigenvalue weighted by molar-refractivity contribution is 0.161. The van der Waals surface area contributed by atoms with Crippen molar-refractivity contribution < 1.29 is 9.84 Å². The number of fused-ring (bicyclic) bond motifs is 1. The summed E-state index contributed by atoms with van der Waals surface area (Å²) in [5.74, 6) is 1.50. The van der Waals surface area contributed by atoms with Gasteiger partial charge in [0.25, 0.3) is 0 Å². The predicted octanol–water partition coefficient (Wildman–Crippen LogP) is 1.36. The Labute approximate surface area is 110 Å². The minimum absolute atomic E-state index is 0.0265. The van der Waals surface area contributed by atoms with Crippen LogP contribution in [0.3, 0.4) is 0 Å². The Morgan fingerprint density at radius 2 is 2.50 bits per heavy atom. The Hall–Kier alpha value is -1.11. The molecule has 0 spiro atoms. The van der Waals surface area contributed by atoms with E-state index in [0.717, 1.165) is 42.6 Å². The van der Waals surface area contributed by atoms with Crippen molar-refractivity contribution in [2.45, 2.75) is 13.0 Å². The van der Waals surface area contributed by atoms with E-state index in [-0.39, 0.29) is 6.61 Å². The lowest BCUT2D eigenvalue weighted by Crippen LogP contribution is -2.22. The fourth-order valence-corrected chi connectivity index (χ4v) is 3.35. The van der Waals surface area contributed by atoms with Crippen LogP contribution < -0.4 is 4.90 Å². The Balaban J connectivity index is 1.88. The van der Waals surface area contributed by atoms with Gasteiger partial charge < -0.3 is 14.7 Å². The topological polar surface area (TPSA) is 50.0 Å². The minimum Gasteiger partial charge on any atom is -0.390 e. The molecular formula is C12H17N3O2S. The van der Waals surface area contributed by atoms with E-state index in [1.165, 1.54) is 0 Å². The number of thiazole rings is 1. The van der Waals surface area contributed by atoms with E-state index >= 15 is 0 Å². The first-order valence-corrected chi connectivity index (χ1v) is 7.00. The molecule has 1 N–H and O–H groups in total. The summed E-state index contributed by atoms with van der Waals surface area (Å²) in [6.07, 6.45) is 3.09. The van der Waals surface area contributed by atoms with Crippen LogP contribution in [-0.4, -0.2) is 41.3 Å². The second kappa shape index (κ2) is 4.87. The number of ether oxygens (including phenoxy) is 1. The molecule has 0 amide bonds. The van der Waals surface area contributed by atoms with E-state index in [1.54, 1.807) is 18.4 Å². The first kappa shape index (κ1) is 12.0. The van der Waals surface area contributed by atoms with Gasteiger partial charge in [0, 0.05) is 37.7 Å². The van der Waals surface area contributed by atoms with Crippen molar-refractivity contribution in [3.8, 4) is 0 Å². The van der Waals surface area contributed by atoms with Gasteiger partial charge in [-0.05, 0) is 6.42 Å². The third-order valence-electron chi connectivity index (χ3n) is 3.48. The summed E-state index contributed by atoms with van der Waals surface area (Å²) < 4.78 is 7.19. The van der Waals surface area contributed by atoms with E-state index in [1.807, 2.05) is 16.0 Å². The number of aliphatic hydroxyl groups is 1. The highest BCUT2D eigenvalue weighted by atomic mass is 32.1. The fourth-order valence-electron chi connectivity index (χ4n) is 2.62. The molecular weight excluding hydrogens is 250 g/mol. The summed E-state index contributed by atoms with van der Waals surface area (Å²) in [5.41, 5.74) is 0.893. The number of aromatic nitrogens is 2. The summed E-state index contributed by atoms with van der Waals surface area (Å²) in [5, 5.41) is 11.5. The third-order valence-corrected chi connectivity index (χ3v) is 4.23. The smallest absolute Gasteiger partial charge is 0.195 e. The maximum atomic E-state index is 9.55. The summed E-state index contributed by atoms with van der Waals surface area (Å²) >= 11 is 1.60. The molecule has 0 saturated carbocycles. The molecule has 0 aliphatic carbocycles. The predicted molar refractivity (Wildman–Crippen MR) is 71.2 cm³/mol. The average molecular weight is 267 g/mol. The SMILES string of the molecule is COCC1CCN(c2nc3sccn3c2CO)C1. The van der Waals surface area contributed by atoms with Gasteiger partial charge in [-0.3, -0.25) is 4.40 Å². The van der Waals surface area contributed by atoms with Gasteiger partial charge in [-0.2, -0.15) is 0 Å². The summed E-state index contributed by atoms with van der Waals surface area (Å²) in [6, 6.07) is 0. The van der Waals surface area contributed by atoms with E-state index < -0.39 is 0 Å². The molecule has 6 heteroatoms. The summed E-state index contributed by atoms with van der Waals surface area (Å²) in [6.45, 7) is 2.78. The van der Waals surface area contributed by atoms with E-state index in [9.17, 15) is 5.11 Å². The van der Waals surface area contributed by atoms with Crippen molar-refractivity contribution in [3.05, 3.63) is 17.3 Å². The molecule has 98 valence electrons. The van der Waals surface area contributed by atoms with Crippen molar-refractivity contribution in [2.24, 2.45) is 5.92 Å². The van der Waals surface area contributed by atoms with Gasteiger partial charge in [-0.1, -0.05) is 0 Å². The highest BCUT2D eigenvalue weighted by Crippen LogP contribution is 2.29. The molecule has 3 rings (SSSR count). The van der Waals surface area contributed by atoms with Gasteiger partial charge in [0.05, 0.1) is 18.9 Å². The molecule has 2 aromatic rings. The fraction of sp³-hybridized carbons (Fsp3) is 0.583. The first-order valence-electron chi connectivity index (χ1n) is 6.12. The second-order valence-electron chi connectivity index (χ2n) is 4.65. The van der Waals surface area contributed by atoms with Crippen molar-refractivity contribution in [1.82, 2.24) is 9.38 Å². The van der Waals surface area contributed by atoms with Gasteiger partial charge in [-0.25, -0.2) is 4.98 Å². The molecule has 1 saturated heterocycles. The van der Waals surface area contributed by atoms with Gasteiger partial charge in [0.1, 0.15) is 0 Å². The minimum atomic E-state index is 0.0265.